The van der Waals surface area contributed by atoms with Crippen LogP contribution in [0.15, 0.2) is 36.4 Å². The minimum absolute atomic E-state index is 0.0256. The second kappa shape index (κ2) is 7.04. The molecular weight excluding hydrogens is 367 g/mol. The van der Waals surface area contributed by atoms with Gasteiger partial charge in [-0.1, -0.05) is 0 Å². The predicted octanol–water partition coefficient (Wildman–Crippen LogP) is 4.53. The quantitative estimate of drug-likeness (QED) is 0.695. The second-order valence-corrected chi connectivity index (χ2v) is 7.00. The summed E-state index contributed by atoms with van der Waals surface area (Å²) in [4.78, 5) is 14.6. The number of rotatable bonds is 4. The number of halogens is 3. The fourth-order valence-electron chi connectivity index (χ4n) is 3.83. The molecule has 1 aliphatic rings. The zero-order chi connectivity index (χ0) is 19.8. The maximum absolute atomic E-state index is 14.3. The average molecular weight is 383 g/mol. The van der Waals surface area contributed by atoms with Gasteiger partial charge in [-0.2, -0.15) is 5.26 Å². The van der Waals surface area contributed by atoms with E-state index < -0.39 is 11.6 Å². The molecule has 0 radical (unpaired) electrons. The van der Waals surface area contributed by atoms with E-state index >= 15 is 0 Å². The number of aromatic amines is 1. The molecule has 0 aliphatic heterocycles. The lowest BCUT2D eigenvalue weighted by Gasteiger charge is -2.36. The number of nitriles is 1. The third-order valence-corrected chi connectivity index (χ3v) is 5.15. The summed E-state index contributed by atoms with van der Waals surface area (Å²) in [6.45, 7) is 0. The topological polar surface area (TPSA) is 68.7 Å². The molecule has 4 rings (SSSR count). The van der Waals surface area contributed by atoms with Crippen molar-refractivity contribution in [1.29, 1.82) is 5.26 Å². The Balaban J connectivity index is 1.72. The van der Waals surface area contributed by atoms with Gasteiger partial charge < -0.3 is 10.3 Å². The van der Waals surface area contributed by atoms with Crippen molar-refractivity contribution in [2.45, 2.75) is 31.2 Å². The zero-order valence-corrected chi connectivity index (χ0v) is 14.7. The lowest BCUT2D eigenvalue weighted by molar-refractivity contribution is -0.121. The third kappa shape index (κ3) is 3.22. The number of carbonyl (C=O) groups excluding carboxylic acids is 1. The summed E-state index contributed by atoms with van der Waals surface area (Å²) < 4.78 is 41.5. The Kier molecular flexibility index (Phi) is 4.55. The highest BCUT2D eigenvalue weighted by Gasteiger charge is 2.35. The van der Waals surface area contributed by atoms with Crippen LogP contribution >= 0.6 is 0 Å². The number of fused-ring (bicyclic) bond motifs is 1. The number of carbonyl (C=O) groups is 1. The Bertz CT molecular complexity index is 1090. The van der Waals surface area contributed by atoms with Crippen molar-refractivity contribution in [3.8, 4) is 17.3 Å². The first-order valence-corrected chi connectivity index (χ1v) is 8.89. The van der Waals surface area contributed by atoms with Gasteiger partial charge in [-0.15, -0.1) is 0 Å². The van der Waals surface area contributed by atoms with Gasteiger partial charge in [-0.05, 0) is 60.2 Å². The highest BCUT2D eigenvalue weighted by atomic mass is 19.1. The maximum atomic E-state index is 14.3. The van der Waals surface area contributed by atoms with Gasteiger partial charge in [-0.3, -0.25) is 4.79 Å². The molecule has 0 bridgehead atoms. The fraction of sp³-hybridized carbons (Fsp3) is 0.238. The summed E-state index contributed by atoms with van der Waals surface area (Å²) in [6.07, 6.45) is 0.985. The highest BCUT2D eigenvalue weighted by molar-refractivity contribution is 5.92. The van der Waals surface area contributed by atoms with Crippen molar-refractivity contribution < 1.29 is 18.0 Å². The summed E-state index contributed by atoms with van der Waals surface area (Å²) in [5.74, 6) is -2.11. The van der Waals surface area contributed by atoms with Crippen LogP contribution in [-0.2, 0) is 4.79 Å². The molecule has 1 heterocycles. The number of nitrogens with one attached hydrogen (secondary N) is 2. The van der Waals surface area contributed by atoms with E-state index in [1.165, 1.54) is 18.2 Å². The van der Waals surface area contributed by atoms with Gasteiger partial charge in [0.05, 0.1) is 17.3 Å². The van der Waals surface area contributed by atoms with Crippen molar-refractivity contribution in [2.24, 2.45) is 0 Å². The van der Waals surface area contributed by atoms with Crippen LogP contribution in [0.4, 0.5) is 13.2 Å². The maximum Gasteiger partial charge on any atom is 0.234 e. The number of nitrogens with zero attached hydrogens (tertiary/aromatic N) is 1. The molecule has 0 unspecified atom stereocenters. The molecule has 28 heavy (non-hydrogen) atoms. The van der Waals surface area contributed by atoms with E-state index in [1.807, 2.05) is 0 Å². The van der Waals surface area contributed by atoms with Crippen molar-refractivity contribution in [2.75, 3.05) is 0 Å². The Morgan fingerprint density at radius 3 is 2.54 bits per heavy atom. The van der Waals surface area contributed by atoms with E-state index in [1.54, 1.807) is 18.2 Å². The number of aromatic nitrogens is 1. The summed E-state index contributed by atoms with van der Waals surface area (Å²) in [6, 6.07) is 9.62. The number of hydrogen-bond acceptors (Lipinski definition) is 2. The molecule has 1 fully saturated rings. The molecule has 2 N–H and O–H groups in total. The van der Waals surface area contributed by atoms with Gasteiger partial charge in [0.1, 0.15) is 23.9 Å². The predicted molar refractivity (Wildman–Crippen MR) is 97.7 cm³/mol. The van der Waals surface area contributed by atoms with Gasteiger partial charge in [0.2, 0.25) is 5.91 Å². The van der Waals surface area contributed by atoms with E-state index in [4.69, 9.17) is 5.26 Å². The Morgan fingerprint density at radius 2 is 1.86 bits per heavy atom. The van der Waals surface area contributed by atoms with Crippen LogP contribution in [0.2, 0.25) is 0 Å². The molecule has 1 saturated carbocycles. The van der Waals surface area contributed by atoms with Crippen molar-refractivity contribution in [1.82, 2.24) is 10.3 Å². The number of hydrogen-bond donors (Lipinski definition) is 2. The first-order valence-electron chi connectivity index (χ1n) is 8.89. The monoisotopic (exact) mass is 383 g/mol. The fourth-order valence-corrected chi connectivity index (χ4v) is 3.83. The lowest BCUT2D eigenvalue weighted by atomic mass is 9.74. The third-order valence-electron chi connectivity index (χ3n) is 5.15. The van der Waals surface area contributed by atoms with Crippen LogP contribution < -0.4 is 5.32 Å². The van der Waals surface area contributed by atoms with E-state index in [-0.39, 0.29) is 35.6 Å². The highest BCUT2D eigenvalue weighted by Crippen LogP contribution is 2.45. The molecule has 0 spiro atoms. The van der Waals surface area contributed by atoms with Crippen LogP contribution in [0.25, 0.3) is 22.2 Å². The minimum atomic E-state index is -0.692. The SMILES string of the molecule is N#CCC(=O)N[C@H]1C[C@@H](c2c(-c3ccc(F)cc3)[nH]c3c(F)cc(F)cc32)C1. The summed E-state index contributed by atoms with van der Waals surface area (Å²) in [7, 11) is 0. The Labute approximate surface area is 159 Å². The van der Waals surface area contributed by atoms with Crippen LogP contribution in [-0.4, -0.2) is 16.9 Å². The summed E-state index contributed by atoms with van der Waals surface area (Å²) in [5.41, 5.74) is 2.24. The molecule has 1 aliphatic carbocycles. The van der Waals surface area contributed by atoms with Crippen LogP contribution in [0, 0.1) is 28.8 Å². The smallest absolute Gasteiger partial charge is 0.234 e. The van der Waals surface area contributed by atoms with E-state index in [0.717, 1.165) is 11.6 Å². The van der Waals surface area contributed by atoms with Gasteiger partial charge >= 0.3 is 0 Å². The zero-order valence-electron chi connectivity index (χ0n) is 14.7. The van der Waals surface area contributed by atoms with Crippen LogP contribution in [0.3, 0.4) is 0 Å². The molecule has 1 aromatic heterocycles. The molecule has 2 aromatic carbocycles. The van der Waals surface area contributed by atoms with E-state index in [2.05, 4.69) is 10.3 Å². The molecule has 3 aromatic rings. The molecule has 7 heteroatoms. The largest absolute Gasteiger partial charge is 0.352 e. The Morgan fingerprint density at radius 1 is 1.14 bits per heavy atom. The van der Waals surface area contributed by atoms with Crippen LogP contribution in [0.1, 0.15) is 30.7 Å². The van der Waals surface area contributed by atoms with Gasteiger partial charge in [0.25, 0.3) is 0 Å². The van der Waals surface area contributed by atoms with Crippen molar-refractivity contribution in [3.63, 3.8) is 0 Å². The number of benzene rings is 2. The molecule has 0 atom stereocenters. The normalized spacial score (nSPS) is 18.5. The Hall–Kier alpha value is -3.27. The lowest BCUT2D eigenvalue weighted by Crippen LogP contribution is -2.43. The number of H-pyrrole nitrogens is 1. The molecule has 142 valence electrons. The first-order chi connectivity index (χ1) is 13.5. The molecule has 4 nitrogen and oxygen atoms in total. The van der Waals surface area contributed by atoms with Gasteiger partial charge in [-0.25, -0.2) is 13.2 Å². The average Bonchev–Trinajstić information content (AvgIpc) is 2.98. The standard InChI is InChI=1S/C21H16F3N3O/c22-13-3-1-11(2-4-13)20-19(12-7-15(8-12)26-18(28)5-6-25)16-9-14(23)10-17(24)21(16)27-20/h1-4,9-10,12,15,27H,5,7-8H2,(H,26,28)/t12-,15+. The first kappa shape index (κ1) is 18.1. The summed E-state index contributed by atoms with van der Waals surface area (Å²) >= 11 is 0. The van der Waals surface area contributed by atoms with Gasteiger partial charge in [0.15, 0.2) is 0 Å². The number of amides is 1. The summed E-state index contributed by atoms with van der Waals surface area (Å²) in [5, 5.41) is 11.8. The molecular formula is C21H16F3N3O. The molecule has 1 amide bonds. The van der Waals surface area contributed by atoms with Crippen molar-refractivity contribution in [3.05, 3.63) is 59.4 Å². The minimum Gasteiger partial charge on any atom is -0.352 e. The van der Waals surface area contributed by atoms with E-state index in [0.29, 0.717) is 29.5 Å². The second-order valence-electron chi connectivity index (χ2n) is 7.00. The van der Waals surface area contributed by atoms with Crippen LogP contribution in [0.5, 0.6) is 0 Å². The van der Waals surface area contributed by atoms with Crippen molar-refractivity contribution >= 4 is 16.8 Å². The van der Waals surface area contributed by atoms with Gasteiger partial charge in [0, 0.05) is 17.5 Å². The molecule has 0 saturated heterocycles. The van der Waals surface area contributed by atoms with E-state index in [9.17, 15) is 18.0 Å².